The van der Waals surface area contributed by atoms with Crippen molar-refractivity contribution in [2.75, 3.05) is 6.26 Å². The zero-order chi connectivity index (χ0) is 19.0. The van der Waals surface area contributed by atoms with Gasteiger partial charge in [0.2, 0.25) is 0 Å². The number of nitrogens with one attached hydrogen (secondary N) is 1. The normalized spacial score (nSPS) is 11.1. The number of rotatable bonds is 4. The standard InChI is InChI=1S/C18H11ClF2N4OS/c1-27-10-3-4-13(19)11(7-10)16-12-8-22-18(23-17(12)25-24-16)26-15-5-2-9(20)6-14(15)21/h2-8H,1H3,(H,22,23,24,25). The number of aromatic nitrogens is 4. The Morgan fingerprint density at radius 3 is 2.78 bits per heavy atom. The molecule has 27 heavy (non-hydrogen) atoms. The Morgan fingerprint density at radius 1 is 1.15 bits per heavy atom. The van der Waals surface area contributed by atoms with Gasteiger partial charge in [0.1, 0.15) is 5.82 Å². The molecule has 1 N–H and O–H groups in total. The van der Waals surface area contributed by atoms with E-state index in [1.165, 1.54) is 12.3 Å². The monoisotopic (exact) mass is 404 g/mol. The van der Waals surface area contributed by atoms with Gasteiger partial charge in [-0.15, -0.1) is 11.8 Å². The smallest absolute Gasteiger partial charge is 0.324 e. The highest BCUT2D eigenvalue weighted by Crippen LogP contribution is 2.34. The first-order valence-electron chi connectivity index (χ1n) is 7.73. The highest BCUT2D eigenvalue weighted by molar-refractivity contribution is 7.98. The Kier molecular flexibility index (Phi) is 4.67. The lowest BCUT2D eigenvalue weighted by molar-refractivity contribution is 0.409. The Morgan fingerprint density at radius 2 is 2.00 bits per heavy atom. The Bertz CT molecular complexity index is 1150. The van der Waals surface area contributed by atoms with Crippen molar-refractivity contribution in [3.63, 3.8) is 0 Å². The van der Waals surface area contributed by atoms with E-state index in [2.05, 4.69) is 20.2 Å². The van der Waals surface area contributed by atoms with Crippen LogP contribution < -0.4 is 4.74 Å². The second-order valence-corrected chi connectivity index (χ2v) is 6.80. The van der Waals surface area contributed by atoms with Crippen molar-refractivity contribution in [3.05, 3.63) is 59.3 Å². The van der Waals surface area contributed by atoms with Gasteiger partial charge in [0, 0.05) is 22.7 Å². The number of ether oxygens (including phenoxy) is 1. The molecule has 2 heterocycles. The molecule has 0 saturated heterocycles. The first-order valence-corrected chi connectivity index (χ1v) is 9.33. The minimum atomic E-state index is -0.845. The lowest BCUT2D eigenvalue weighted by Crippen LogP contribution is -1.94. The average Bonchev–Trinajstić information content (AvgIpc) is 3.07. The fraction of sp³-hybridized carbons (Fsp3) is 0.0556. The molecule has 0 fully saturated rings. The van der Waals surface area contributed by atoms with Gasteiger partial charge >= 0.3 is 6.01 Å². The molecule has 0 aliphatic rings. The van der Waals surface area contributed by atoms with E-state index >= 15 is 0 Å². The Hall–Kier alpha value is -2.71. The number of aromatic amines is 1. The number of thioether (sulfide) groups is 1. The summed E-state index contributed by atoms with van der Waals surface area (Å²) in [6.45, 7) is 0. The third kappa shape index (κ3) is 3.45. The van der Waals surface area contributed by atoms with Gasteiger partial charge in [0.25, 0.3) is 0 Å². The molecule has 0 spiro atoms. The molecular weight excluding hydrogens is 394 g/mol. The minimum absolute atomic E-state index is 0.102. The van der Waals surface area contributed by atoms with E-state index in [-0.39, 0.29) is 11.8 Å². The zero-order valence-corrected chi connectivity index (χ0v) is 15.4. The largest absolute Gasteiger partial charge is 0.421 e. The SMILES string of the molecule is CSc1ccc(Cl)c(-c2[nH]nc3nc(Oc4ccc(F)cc4F)ncc23)c1. The number of hydrogen-bond acceptors (Lipinski definition) is 5. The van der Waals surface area contributed by atoms with E-state index < -0.39 is 11.6 Å². The van der Waals surface area contributed by atoms with Crippen molar-refractivity contribution in [2.24, 2.45) is 0 Å². The van der Waals surface area contributed by atoms with Gasteiger partial charge in [-0.05, 0) is 36.6 Å². The van der Waals surface area contributed by atoms with Crippen LogP contribution in [0, 0.1) is 11.6 Å². The number of H-pyrrole nitrogens is 1. The predicted octanol–water partition coefficient (Wildman–Crippen LogP) is 5.47. The first kappa shape index (κ1) is 17.7. The van der Waals surface area contributed by atoms with Crippen molar-refractivity contribution >= 4 is 34.4 Å². The van der Waals surface area contributed by atoms with Crippen molar-refractivity contribution in [3.8, 4) is 23.0 Å². The van der Waals surface area contributed by atoms with Gasteiger partial charge in [-0.3, -0.25) is 5.10 Å². The summed E-state index contributed by atoms with van der Waals surface area (Å²) in [6, 6.07) is 8.56. The maximum absolute atomic E-state index is 13.7. The molecular formula is C18H11ClF2N4OS. The number of halogens is 3. The third-order valence-corrected chi connectivity index (χ3v) is 4.88. The second kappa shape index (κ2) is 7.13. The summed E-state index contributed by atoms with van der Waals surface area (Å²) in [6.07, 6.45) is 3.49. The summed E-state index contributed by atoms with van der Waals surface area (Å²) in [4.78, 5) is 9.31. The van der Waals surface area contributed by atoms with Crippen LogP contribution in [-0.4, -0.2) is 26.4 Å². The molecule has 2 aromatic carbocycles. The molecule has 4 rings (SSSR count). The highest BCUT2D eigenvalue weighted by atomic mass is 35.5. The quantitative estimate of drug-likeness (QED) is 0.457. The van der Waals surface area contributed by atoms with Crippen LogP contribution in [-0.2, 0) is 0 Å². The number of hydrogen-bond donors (Lipinski definition) is 1. The van der Waals surface area contributed by atoms with Crippen LogP contribution in [0.2, 0.25) is 5.02 Å². The summed E-state index contributed by atoms with van der Waals surface area (Å²) in [5.74, 6) is -1.72. The van der Waals surface area contributed by atoms with Gasteiger partial charge in [-0.2, -0.15) is 10.1 Å². The van der Waals surface area contributed by atoms with Gasteiger partial charge in [-0.25, -0.2) is 13.8 Å². The molecule has 0 saturated carbocycles. The number of benzene rings is 2. The van der Waals surface area contributed by atoms with Gasteiger partial charge in [0.05, 0.1) is 16.1 Å². The van der Waals surface area contributed by atoms with Gasteiger partial charge in [-0.1, -0.05) is 11.6 Å². The van der Waals surface area contributed by atoms with Crippen molar-refractivity contribution in [2.45, 2.75) is 4.90 Å². The lowest BCUT2D eigenvalue weighted by Gasteiger charge is -2.06. The molecule has 0 aliphatic carbocycles. The predicted molar refractivity (Wildman–Crippen MR) is 100 cm³/mol. The number of fused-ring (bicyclic) bond motifs is 1. The van der Waals surface area contributed by atoms with E-state index in [0.29, 0.717) is 21.7 Å². The van der Waals surface area contributed by atoms with Crippen LogP contribution >= 0.6 is 23.4 Å². The third-order valence-electron chi connectivity index (χ3n) is 3.83. The Labute approximate surface area is 161 Å². The summed E-state index contributed by atoms with van der Waals surface area (Å²) in [5, 5.41) is 8.26. The van der Waals surface area contributed by atoms with E-state index in [0.717, 1.165) is 22.6 Å². The first-order chi connectivity index (χ1) is 13.0. The number of nitrogens with zero attached hydrogens (tertiary/aromatic N) is 3. The van der Waals surface area contributed by atoms with Crippen LogP contribution in [0.15, 0.2) is 47.5 Å². The fourth-order valence-corrected chi connectivity index (χ4v) is 3.17. The molecule has 136 valence electrons. The topological polar surface area (TPSA) is 63.7 Å². The molecule has 5 nitrogen and oxygen atoms in total. The van der Waals surface area contributed by atoms with E-state index in [9.17, 15) is 8.78 Å². The van der Waals surface area contributed by atoms with E-state index in [4.69, 9.17) is 16.3 Å². The summed E-state index contributed by atoms with van der Waals surface area (Å²) in [5.41, 5.74) is 1.78. The summed E-state index contributed by atoms with van der Waals surface area (Å²) < 4.78 is 32.0. The maximum Gasteiger partial charge on any atom is 0.324 e. The van der Waals surface area contributed by atoms with Crippen LogP contribution in [0.4, 0.5) is 8.78 Å². The Balaban J connectivity index is 1.72. The van der Waals surface area contributed by atoms with Crippen LogP contribution in [0.3, 0.4) is 0 Å². The van der Waals surface area contributed by atoms with Gasteiger partial charge in [0.15, 0.2) is 17.2 Å². The minimum Gasteiger partial charge on any atom is -0.421 e. The molecule has 4 aromatic rings. The van der Waals surface area contributed by atoms with Crippen LogP contribution in [0.25, 0.3) is 22.3 Å². The van der Waals surface area contributed by atoms with Crippen molar-refractivity contribution < 1.29 is 13.5 Å². The van der Waals surface area contributed by atoms with Gasteiger partial charge < -0.3 is 4.74 Å². The second-order valence-electron chi connectivity index (χ2n) is 5.51. The molecule has 0 aliphatic heterocycles. The van der Waals surface area contributed by atoms with Crippen molar-refractivity contribution in [1.29, 1.82) is 0 Å². The van der Waals surface area contributed by atoms with Crippen LogP contribution in [0.1, 0.15) is 0 Å². The zero-order valence-electron chi connectivity index (χ0n) is 13.8. The molecule has 0 atom stereocenters. The van der Waals surface area contributed by atoms with E-state index in [1.54, 1.807) is 11.8 Å². The fourth-order valence-electron chi connectivity index (χ4n) is 2.52. The molecule has 0 bridgehead atoms. The molecule has 0 unspecified atom stereocenters. The van der Waals surface area contributed by atoms with Crippen molar-refractivity contribution in [1.82, 2.24) is 20.2 Å². The van der Waals surface area contributed by atoms with Crippen LogP contribution in [0.5, 0.6) is 11.8 Å². The average molecular weight is 405 g/mol. The summed E-state index contributed by atoms with van der Waals surface area (Å²) in [7, 11) is 0. The lowest BCUT2D eigenvalue weighted by atomic mass is 10.1. The molecule has 2 aromatic heterocycles. The molecule has 9 heteroatoms. The van der Waals surface area contributed by atoms with E-state index in [1.807, 2.05) is 24.5 Å². The molecule has 0 radical (unpaired) electrons. The highest BCUT2D eigenvalue weighted by Gasteiger charge is 2.15. The maximum atomic E-state index is 13.7. The summed E-state index contributed by atoms with van der Waals surface area (Å²) >= 11 is 7.91. The molecule has 0 amide bonds.